The Morgan fingerprint density at radius 2 is 1.58 bits per heavy atom. The zero-order valence-corrected chi connectivity index (χ0v) is 17.6. The van der Waals surface area contributed by atoms with Crippen LogP contribution in [-0.4, -0.2) is 26.0 Å². The summed E-state index contributed by atoms with van der Waals surface area (Å²) in [5, 5.41) is 1.57. The zero-order chi connectivity index (χ0) is 22.2. The minimum Gasteiger partial charge on any atom is -0.497 e. The van der Waals surface area contributed by atoms with E-state index in [4.69, 9.17) is 4.74 Å². The van der Waals surface area contributed by atoms with Crippen molar-refractivity contribution in [1.82, 2.24) is 4.98 Å². The predicted octanol–water partition coefficient (Wildman–Crippen LogP) is 5.90. The SMILES string of the molecule is COc1ccc(-c2nc(NS(=O)(=O)C(F)(F)F)sc2-c2ccc3ccccc3c2)cc1. The van der Waals surface area contributed by atoms with Crippen LogP contribution in [-0.2, 0) is 10.0 Å². The molecular weight excluding hydrogens is 449 g/mol. The highest BCUT2D eigenvalue weighted by atomic mass is 32.2. The Hall–Kier alpha value is -3.11. The standard InChI is InChI=1S/C21H15F3N2O3S2/c1-29-17-10-8-14(9-11-17)18-19(16-7-6-13-4-2-3-5-15(13)12-16)30-20(25-18)26-31(27,28)21(22,23)24/h2-12H,1H3,(H,25,26). The number of rotatable bonds is 5. The molecule has 1 N–H and O–H groups in total. The Morgan fingerprint density at radius 1 is 0.935 bits per heavy atom. The van der Waals surface area contributed by atoms with Gasteiger partial charge in [-0.25, -0.2) is 4.98 Å². The second-order valence-corrected chi connectivity index (χ2v) is 9.21. The van der Waals surface area contributed by atoms with E-state index in [0.29, 0.717) is 27.4 Å². The number of nitrogens with zero attached hydrogens (tertiary/aromatic N) is 1. The first kappa shape index (κ1) is 21.1. The number of hydrogen-bond donors (Lipinski definition) is 1. The number of alkyl halides is 3. The van der Waals surface area contributed by atoms with Crippen LogP contribution in [0.4, 0.5) is 18.3 Å². The fraction of sp³-hybridized carbons (Fsp3) is 0.0952. The molecule has 0 bridgehead atoms. The lowest BCUT2D eigenvalue weighted by molar-refractivity contribution is -0.0429. The van der Waals surface area contributed by atoms with E-state index in [9.17, 15) is 21.6 Å². The maximum absolute atomic E-state index is 12.8. The van der Waals surface area contributed by atoms with Gasteiger partial charge in [0.05, 0.1) is 17.7 Å². The Morgan fingerprint density at radius 3 is 2.23 bits per heavy atom. The molecule has 0 amide bonds. The molecule has 4 aromatic rings. The Kier molecular flexibility index (Phi) is 5.36. The summed E-state index contributed by atoms with van der Waals surface area (Å²) in [7, 11) is -4.07. The van der Waals surface area contributed by atoms with Crippen LogP contribution in [0.25, 0.3) is 32.5 Å². The van der Waals surface area contributed by atoms with Crippen molar-refractivity contribution in [2.24, 2.45) is 0 Å². The lowest BCUT2D eigenvalue weighted by Crippen LogP contribution is -2.29. The van der Waals surface area contributed by atoms with Gasteiger partial charge >= 0.3 is 15.5 Å². The highest BCUT2D eigenvalue weighted by Crippen LogP contribution is 2.41. The molecule has 4 rings (SSSR count). The third-order valence-electron chi connectivity index (χ3n) is 4.53. The average molecular weight is 464 g/mol. The summed E-state index contributed by atoms with van der Waals surface area (Å²) in [4.78, 5) is 4.72. The van der Waals surface area contributed by atoms with Crippen LogP contribution in [0.2, 0.25) is 0 Å². The minimum absolute atomic E-state index is 0.364. The Labute approximate surface area is 180 Å². The number of hydrogen-bond acceptors (Lipinski definition) is 5. The lowest BCUT2D eigenvalue weighted by atomic mass is 10.0. The highest BCUT2D eigenvalue weighted by molar-refractivity contribution is 7.93. The minimum atomic E-state index is -5.59. The van der Waals surface area contributed by atoms with Crippen molar-refractivity contribution in [3.05, 3.63) is 66.7 Å². The van der Waals surface area contributed by atoms with Gasteiger partial charge in [0.2, 0.25) is 0 Å². The Bertz CT molecular complexity index is 1350. The van der Waals surface area contributed by atoms with E-state index in [-0.39, 0.29) is 5.13 Å². The molecule has 0 aliphatic carbocycles. The third-order valence-corrected chi connectivity index (χ3v) is 6.75. The zero-order valence-electron chi connectivity index (χ0n) is 16.0. The number of thiazole rings is 1. The van der Waals surface area contributed by atoms with Gasteiger partial charge in [-0.3, -0.25) is 4.72 Å². The average Bonchev–Trinajstić information content (AvgIpc) is 3.15. The van der Waals surface area contributed by atoms with Crippen molar-refractivity contribution < 1.29 is 26.3 Å². The summed E-state index contributed by atoms with van der Waals surface area (Å²) >= 11 is 0.836. The Balaban J connectivity index is 1.85. The highest BCUT2D eigenvalue weighted by Gasteiger charge is 2.46. The summed E-state index contributed by atoms with van der Waals surface area (Å²) in [6.45, 7) is 0. The van der Waals surface area contributed by atoms with Gasteiger partial charge in [0.25, 0.3) is 0 Å². The topological polar surface area (TPSA) is 68.3 Å². The van der Waals surface area contributed by atoms with Gasteiger partial charge in [-0.1, -0.05) is 47.7 Å². The van der Waals surface area contributed by atoms with Gasteiger partial charge < -0.3 is 4.74 Å². The molecular formula is C21H15F3N2O3S2. The molecule has 3 aromatic carbocycles. The first-order chi connectivity index (χ1) is 14.7. The second kappa shape index (κ2) is 7.86. The van der Waals surface area contributed by atoms with E-state index < -0.39 is 15.5 Å². The van der Waals surface area contributed by atoms with Gasteiger partial charge in [-0.15, -0.1) is 0 Å². The first-order valence-electron chi connectivity index (χ1n) is 8.91. The fourth-order valence-corrected chi connectivity index (χ4v) is 4.73. The number of anilines is 1. The fourth-order valence-electron chi connectivity index (χ4n) is 3.01. The molecule has 0 radical (unpaired) electrons. The second-order valence-electron chi connectivity index (χ2n) is 6.54. The number of methoxy groups -OCH3 is 1. The van der Waals surface area contributed by atoms with Gasteiger partial charge in [-0.05, 0) is 46.7 Å². The summed E-state index contributed by atoms with van der Waals surface area (Å²) in [5.74, 6) is 0.601. The molecule has 0 atom stereocenters. The van der Waals surface area contributed by atoms with Gasteiger partial charge in [-0.2, -0.15) is 21.6 Å². The van der Waals surface area contributed by atoms with E-state index in [0.717, 1.165) is 22.1 Å². The van der Waals surface area contributed by atoms with E-state index in [1.165, 1.54) is 7.11 Å². The van der Waals surface area contributed by atoms with E-state index >= 15 is 0 Å². The van der Waals surface area contributed by atoms with E-state index in [1.807, 2.05) is 42.5 Å². The van der Waals surface area contributed by atoms with Crippen molar-refractivity contribution in [3.63, 3.8) is 0 Å². The van der Waals surface area contributed by atoms with Crippen molar-refractivity contribution in [1.29, 1.82) is 0 Å². The summed E-state index contributed by atoms with van der Waals surface area (Å²) in [5.41, 5.74) is -3.76. The molecule has 10 heteroatoms. The molecule has 0 unspecified atom stereocenters. The van der Waals surface area contributed by atoms with Gasteiger partial charge in [0.15, 0.2) is 5.13 Å². The number of fused-ring (bicyclic) bond motifs is 1. The van der Waals surface area contributed by atoms with Crippen molar-refractivity contribution in [2.75, 3.05) is 11.8 Å². The monoisotopic (exact) mass is 464 g/mol. The molecule has 0 spiro atoms. The van der Waals surface area contributed by atoms with Crippen molar-refractivity contribution in [2.45, 2.75) is 5.51 Å². The van der Waals surface area contributed by atoms with Crippen molar-refractivity contribution >= 4 is 37.3 Å². The predicted molar refractivity (Wildman–Crippen MR) is 116 cm³/mol. The summed E-state index contributed by atoms with van der Waals surface area (Å²) in [6.07, 6.45) is 0. The molecule has 0 aliphatic rings. The molecule has 0 saturated carbocycles. The number of ether oxygens (including phenoxy) is 1. The molecule has 1 aromatic heterocycles. The lowest BCUT2D eigenvalue weighted by Gasteiger charge is -2.07. The van der Waals surface area contributed by atoms with E-state index in [2.05, 4.69) is 4.98 Å². The van der Waals surface area contributed by atoms with Crippen LogP contribution in [0.3, 0.4) is 0 Å². The third kappa shape index (κ3) is 4.21. The van der Waals surface area contributed by atoms with Crippen LogP contribution >= 0.6 is 11.3 Å². The first-order valence-corrected chi connectivity index (χ1v) is 11.2. The van der Waals surface area contributed by atoms with Crippen LogP contribution in [0, 0.1) is 0 Å². The maximum Gasteiger partial charge on any atom is 0.516 e. The largest absolute Gasteiger partial charge is 0.516 e. The van der Waals surface area contributed by atoms with E-state index in [1.54, 1.807) is 29.0 Å². The van der Waals surface area contributed by atoms with Crippen LogP contribution in [0.15, 0.2) is 66.7 Å². The molecule has 160 valence electrons. The summed E-state index contributed by atoms with van der Waals surface area (Å²) in [6, 6.07) is 20.1. The molecule has 0 fully saturated rings. The quantitative estimate of drug-likeness (QED) is 0.399. The van der Waals surface area contributed by atoms with Crippen LogP contribution in [0.5, 0.6) is 5.75 Å². The normalized spacial score (nSPS) is 12.1. The van der Waals surface area contributed by atoms with Crippen molar-refractivity contribution in [3.8, 4) is 27.4 Å². The molecule has 5 nitrogen and oxygen atoms in total. The smallest absolute Gasteiger partial charge is 0.497 e. The van der Waals surface area contributed by atoms with Crippen LogP contribution < -0.4 is 9.46 Å². The number of aromatic nitrogens is 1. The number of nitrogens with one attached hydrogen (secondary N) is 1. The summed E-state index contributed by atoms with van der Waals surface area (Å²) < 4.78 is 68.4. The molecule has 0 aliphatic heterocycles. The number of sulfonamides is 1. The molecule has 31 heavy (non-hydrogen) atoms. The number of halogens is 3. The molecule has 1 heterocycles. The molecule has 0 saturated heterocycles. The van der Waals surface area contributed by atoms with Crippen LogP contribution in [0.1, 0.15) is 0 Å². The van der Waals surface area contributed by atoms with Gasteiger partial charge in [0, 0.05) is 5.56 Å². The maximum atomic E-state index is 12.8. The number of benzene rings is 3. The van der Waals surface area contributed by atoms with Gasteiger partial charge in [0.1, 0.15) is 5.75 Å².